The maximum atomic E-state index is 4.59. The largest absolute Gasteiger partial charge is 0.258 e. The SMILES string of the molecule is CC(CCC(C)C)=Nc1ccc(C)cc1. The fourth-order valence-corrected chi connectivity index (χ4v) is 1.39. The Kier molecular flexibility index (Phi) is 4.54. The van der Waals surface area contributed by atoms with Gasteiger partial charge in [-0.15, -0.1) is 0 Å². The zero-order valence-corrected chi connectivity index (χ0v) is 10.2. The molecule has 0 aliphatic heterocycles. The number of nitrogens with zero attached hydrogens (tertiary/aromatic N) is 1. The summed E-state index contributed by atoms with van der Waals surface area (Å²) in [4.78, 5) is 4.59. The Labute approximate surface area is 93.2 Å². The molecule has 15 heavy (non-hydrogen) atoms. The molecular formula is C14H21N. The van der Waals surface area contributed by atoms with Gasteiger partial charge in [-0.25, -0.2) is 0 Å². The summed E-state index contributed by atoms with van der Waals surface area (Å²) in [6, 6.07) is 8.37. The first-order valence-corrected chi connectivity index (χ1v) is 5.69. The molecule has 0 aliphatic rings. The van der Waals surface area contributed by atoms with Crippen LogP contribution < -0.4 is 0 Å². The van der Waals surface area contributed by atoms with Crippen LogP contribution >= 0.6 is 0 Å². The summed E-state index contributed by atoms with van der Waals surface area (Å²) >= 11 is 0. The van der Waals surface area contributed by atoms with Crippen molar-refractivity contribution >= 4 is 11.4 Å². The topological polar surface area (TPSA) is 12.4 Å². The van der Waals surface area contributed by atoms with E-state index >= 15 is 0 Å². The van der Waals surface area contributed by atoms with Gasteiger partial charge in [-0.2, -0.15) is 0 Å². The van der Waals surface area contributed by atoms with Gasteiger partial charge in [0.15, 0.2) is 0 Å². The number of benzene rings is 1. The first-order valence-electron chi connectivity index (χ1n) is 5.69. The highest BCUT2D eigenvalue weighted by Gasteiger charge is 1.97. The summed E-state index contributed by atoms with van der Waals surface area (Å²) in [6.07, 6.45) is 2.33. The summed E-state index contributed by atoms with van der Waals surface area (Å²) < 4.78 is 0. The summed E-state index contributed by atoms with van der Waals surface area (Å²) in [7, 11) is 0. The standard InChI is InChI=1S/C14H21N/c1-11(2)5-8-13(4)15-14-9-6-12(3)7-10-14/h6-7,9-11H,5,8H2,1-4H3. The molecule has 0 fully saturated rings. The van der Waals surface area contributed by atoms with Crippen molar-refractivity contribution in [1.82, 2.24) is 0 Å². The predicted molar refractivity (Wildman–Crippen MR) is 68.0 cm³/mol. The molecule has 0 unspecified atom stereocenters. The Bertz CT molecular complexity index is 320. The van der Waals surface area contributed by atoms with Gasteiger partial charge in [-0.05, 0) is 44.7 Å². The van der Waals surface area contributed by atoms with Crippen LogP contribution in [0.15, 0.2) is 29.3 Å². The Morgan fingerprint density at radius 2 is 1.80 bits per heavy atom. The molecule has 0 heterocycles. The Hall–Kier alpha value is -1.11. The molecular weight excluding hydrogens is 182 g/mol. The quantitative estimate of drug-likeness (QED) is 0.638. The van der Waals surface area contributed by atoms with Crippen LogP contribution in [0.3, 0.4) is 0 Å². The number of aliphatic imine (C=N–C) groups is 1. The lowest BCUT2D eigenvalue weighted by Crippen LogP contribution is -1.95. The van der Waals surface area contributed by atoms with Gasteiger partial charge in [0, 0.05) is 5.71 Å². The Balaban J connectivity index is 2.58. The van der Waals surface area contributed by atoms with Gasteiger partial charge < -0.3 is 0 Å². The molecule has 0 atom stereocenters. The van der Waals surface area contributed by atoms with E-state index in [1.165, 1.54) is 17.7 Å². The normalized spacial score (nSPS) is 12.2. The van der Waals surface area contributed by atoms with Crippen LogP contribution in [-0.4, -0.2) is 5.71 Å². The molecule has 0 saturated heterocycles. The van der Waals surface area contributed by atoms with Gasteiger partial charge in [-0.1, -0.05) is 31.5 Å². The summed E-state index contributed by atoms with van der Waals surface area (Å²) in [5, 5.41) is 0. The van der Waals surface area contributed by atoms with E-state index in [0.717, 1.165) is 18.0 Å². The molecule has 1 nitrogen and oxygen atoms in total. The molecule has 0 amide bonds. The monoisotopic (exact) mass is 203 g/mol. The smallest absolute Gasteiger partial charge is 0.0629 e. The molecule has 1 aromatic carbocycles. The first kappa shape index (κ1) is 12.0. The zero-order chi connectivity index (χ0) is 11.3. The first-order chi connectivity index (χ1) is 7.08. The predicted octanol–water partition coefficient (Wildman–Crippen LogP) is 4.52. The summed E-state index contributed by atoms with van der Waals surface area (Å²) in [5.74, 6) is 0.758. The van der Waals surface area contributed by atoms with Crippen LogP contribution in [0.2, 0.25) is 0 Å². The second-order valence-corrected chi connectivity index (χ2v) is 4.62. The van der Waals surface area contributed by atoms with Crippen molar-refractivity contribution in [3.05, 3.63) is 29.8 Å². The van der Waals surface area contributed by atoms with E-state index in [4.69, 9.17) is 0 Å². The Morgan fingerprint density at radius 3 is 2.33 bits per heavy atom. The molecule has 0 saturated carbocycles. The minimum Gasteiger partial charge on any atom is -0.258 e. The molecule has 82 valence electrons. The van der Waals surface area contributed by atoms with E-state index < -0.39 is 0 Å². The Morgan fingerprint density at radius 1 is 1.20 bits per heavy atom. The fraction of sp³-hybridized carbons (Fsp3) is 0.500. The second kappa shape index (κ2) is 5.69. The van der Waals surface area contributed by atoms with Gasteiger partial charge in [-0.3, -0.25) is 4.99 Å². The van der Waals surface area contributed by atoms with Crippen LogP contribution in [0.1, 0.15) is 39.2 Å². The second-order valence-electron chi connectivity index (χ2n) is 4.62. The lowest BCUT2D eigenvalue weighted by atomic mass is 10.1. The highest BCUT2D eigenvalue weighted by atomic mass is 14.7. The van der Waals surface area contributed by atoms with Crippen molar-refractivity contribution in [2.45, 2.75) is 40.5 Å². The molecule has 0 N–H and O–H groups in total. The van der Waals surface area contributed by atoms with Crippen LogP contribution in [0.25, 0.3) is 0 Å². The van der Waals surface area contributed by atoms with Crippen molar-refractivity contribution in [3.63, 3.8) is 0 Å². The average molecular weight is 203 g/mol. The van der Waals surface area contributed by atoms with Crippen LogP contribution in [0.4, 0.5) is 5.69 Å². The van der Waals surface area contributed by atoms with Crippen molar-refractivity contribution in [2.75, 3.05) is 0 Å². The summed E-state index contributed by atoms with van der Waals surface area (Å²) in [6.45, 7) is 8.71. The molecule has 0 spiro atoms. The number of hydrogen-bond donors (Lipinski definition) is 0. The number of aryl methyl sites for hydroxylation is 1. The highest BCUT2D eigenvalue weighted by Crippen LogP contribution is 2.14. The van der Waals surface area contributed by atoms with Crippen LogP contribution in [0.5, 0.6) is 0 Å². The third-order valence-electron chi connectivity index (χ3n) is 2.44. The highest BCUT2D eigenvalue weighted by molar-refractivity contribution is 5.84. The average Bonchev–Trinajstić information content (AvgIpc) is 2.19. The third-order valence-corrected chi connectivity index (χ3v) is 2.44. The van der Waals surface area contributed by atoms with E-state index in [2.05, 4.69) is 57.0 Å². The van der Waals surface area contributed by atoms with Gasteiger partial charge in [0.25, 0.3) is 0 Å². The molecule has 1 rings (SSSR count). The maximum Gasteiger partial charge on any atom is 0.0629 e. The van der Waals surface area contributed by atoms with E-state index in [0.29, 0.717) is 0 Å². The van der Waals surface area contributed by atoms with E-state index in [1.807, 2.05) is 0 Å². The van der Waals surface area contributed by atoms with E-state index in [-0.39, 0.29) is 0 Å². The zero-order valence-electron chi connectivity index (χ0n) is 10.2. The lowest BCUT2D eigenvalue weighted by Gasteiger charge is -2.04. The third kappa shape index (κ3) is 4.78. The van der Waals surface area contributed by atoms with Crippen LogP contribution in [-0.2, 0) is 0 Å². The molecule has 0 bridgehead atoms. The van der Waals surface area contributed by atoms with Gasteiger partial charge in [0.1, 0.15) is 0 Å². The molecule has 0 radical (unpaired) electrons. The molecule has 0 aromatic heterocycles. The van der Waals surface area contributed by atoms with Gasteiger partial charge >= 0.3 is 0 Å². The van der Waals surface area contributed by atoms with Gasteiger partial charge in [0.05, 0.1) is 5.69 Å². The van der Waals surface area contributed by atoms with Gasteiger partial charge in [0.2, 0.25) is 0 Å². The lowest BCUT2D eigenvalue weighted by molar-refractivity contribution is 0.603. The molecule has 1 aromatic rings. The number of rotatable bonds is 4. The molecule has 0 aliphatic carbocycles. The van der Waals surface area contributed by atoms with Crippen molar-refractivity contribution in [3.8, 4) is 0 Å². The van der Waals surface area contributed by atoms with E-state index in [1.54, 1.807) is 0 Å². The summed E-state index contributed by atoms with van der Waals surface area (Å²) in [5.41, 5.74) is 3.59. The van der Waals surface area contributed by atoms with Crippen molar-refractivity contribution in [2.24, 2.45) is 10.9 Å². The minimum absolute atomic E-state index is 0.758. The number of hydrogen-bond acceptors (Lipinski definition) is 1. The van der Waals surface area contributed by atoms with Crippen molar-refractivity contribution in [1.29, 1.82) is 0 Å². The maximum absolute atomic E-state index is 4.59. The minimum atomic E-state index is 0.758. The van der Waals surface area contributed by atoms with E-state index in [9.17, 15) is 0 Å². The van der Waals surface area contributed by atoms with Crippen LogP contribution in [0, 0.1) is 12.8 Å². The fourth-order valence-electron chi connectivity index (χ4n) is 1.39. The van der Waals surface area contributed by atoms with Crippen molar-refractivity contribution < 1.29 is 0 Å². The molecule has 1 heteroatoms.